The maximum Gasteiger partial charge on any atom is 0.348 e. The van der Waals surface area contributed by atoms with Gasteiger partial charge >= 0.3 is 5.97 Å². The summed E-state index contributed by atoms with van der Waals surface area (Å²) in [6.45, 7) is 0.595. The molecule has 3 rings (SSSR count). The van der Waals surface area contributed by atoms with Crippen molar-refractivity contribution in [3.63, 3.8) is 0 Å². The number of amides is 1. The first-order valence-electron chi connectivity index (χ1n) is 6.84. The van der Waals surface area contributed by atoms with Gasteiger partial charge in [-0.2, -0.15) is 0 Å². The van der Waals surface area contributed by atoms with Crippen LogP contribution in [0.4, 0.5) is 5.69 Å². The molecule has 1 aliphatic rings. The van der Waals surface area contributed by atoms with Crippen molar-refractivity contribution in [1.29, 1.82) is 0 Å². The third kappa shape index (κ3) is 4.08. The molecule has 126 valence electrons. The van der Waals surface area contributed by atoms with Gasteiger partial charge in [-0.1, -0.05) is 0 Å². The summed E-state index contributed by atoms with van der Waals surface area (Å²) in [5, 5.41) is 2.65. The molecule has 0 aliphatic carbocycles. The van der Waals surface area contributed by atoms with Gasteiger partial charge in [-0.25, -0.2) is 4.79 Å². The Morgan fingerprint density at radius 1 is 1.17 bits per heavy atom. The summed E-state index contributed by atoms with van der Waals surface area (Å²) in [6.07, 6.45) is 0. The fourth-order valence-electron chi connectivity index (χ4n) is 1.97. The third-order valence-corrected chi connectivity index (χ3v) is 6.24. The molecule has 0 radical (unpaired) electrons. The van der Waals surface area contributed by atoms with Crippen molar-refractivity contribution >= 4 is 60.8 Å². The minimum Gasteiger partial charge on any atom is -0.486 e. The van der Waals surface area contributed by atoms with Gasteiger partial charge in [-0.05, 0) is 50.1 Å². The number of carbonyl (C=O) groups is 2. The molecule has 0 bridgehead atoms. The fourth-order valence-corrected chi connectivity index (χ4v) is 3.90. The molecule has 0 spiro atoms. The minimum atomic E-state index is -0.552. The fraction of sp³-hybridized carbons (Fsp3) is 0.200. The maximum atomic E-state index is 11.9. The normalized spacial score (nSPS) is 12.6. The Labute approximate surface area is 158 Å². The molecule has 0 atom stereocenters. The predicted octanol–water partition coefficient (Wildman–Crippen LogP) is 3.84. The number of anilines is 1. The highest BCUT2D eigenvalue weighted by Crippen LogP contribution is 2.33. The summed E-state index contributed by atoms with van der Waals surface area (Å²) in [5.74, 6) is 0.224. The second-order valence-corrected chi connectivity index (χ2v) is 7.94. The molecule has 9 heteroatoms. The van der Waals surface area contributed by atoms with Crippen LogP contribution in [0, 0.1) is 0 Å². The molecule has 0 saturated heterocycles. The van der Waals surface area contributed by atoms with E-state index in [9.17, 15) is 9.59 Å². The summed E-state index contributed by atoms with van der Waals surface area (Å²) >= 11 is 7.82. The number of ether oxygens (including phenoxy) is 3. The topological polar surface area (TPSA) is 73.9 Å². The monoisotopic (exact) mass is 475 g/mol. The molecule has 1 aromatic carbocycles. The van der Waals surface area contributed by atoms with Crippen LogP contribution in [0.1, 0.15) is 9.67 Å². The average molecular weight is 477 g/mol. The number of halogens is 2. The summed E-state index contributed by atoms with van der Waals surface area (Å²) < 4.78 is 17.4. The summed E-state index contributed by atoms with van der Waals surface area (Å²) in [7, 11) is 0. The van der Waals surface area contributed by atoms with Crippen molar-refractivity contribution < 1.29 is 23.8 Å². The lowest BCUT2D eigenvalue weighted by molar-refractivity contribution is -0.119. The summed E-state index contributed by atoms with van der Waals surface area (Å²) in [6, 6.07) is 6.72. The number of hydrogen-bond acceptors (Lipinski definition) is 6. The Hall–Kier alpha value is -1.58. The number of thiophene rings is 1. The van der Waals surface area contributed by atoms with Gasteiger partial charge in [-0.15, -0.1) is 11.3 Å². The van der Waals surface area contributed by atoms with E-state index in [1.54, 1.807) is 24.3 Å². The Bertz CT molecular complexity index is 773. The van der Waals surface area contributed by atoms with E-state index in [0.29, 0.717) is 35.3 Å². The van der Waals surface area contributed by atoms with Gasteiger partial charge in [0.2, 0.25) is 0 Å². The van der Waals surface area contributed by atoms with Crippen LogP contribution in [0.5, 0.6) is 11.5 Å². The molecule has 1 amide bonds. The molecule has 0 saturated carbocycles. The molecule has 24 heavy (non-hydrogen) atoms. The first-order valence-corrected chi connectivity index (χ1v) is 9.24. The van der Waals surface area contributed by atoms with Gasteiger partial charge in [0, 0.05) is 16.2 Å². The third-order valence-electron chi connectivity index (χ3n) is 3.01. The van der Waals surface area contributed by atoms with Crippen LogP contribution >= 0.6 is 43.2 Å². The van der Waals surface area contributed by atoms with Crippen LogP contribution in [-0.2, 0) is 9.53 Å². The number of carbonyl (C=O) groups excluding carboxylic acids is 2. The van der Waals surface area contributed by atoms with E-state index in [-0.39, 0.29) is 6.61 Å². The Balaban J connectivity index is 1.55. The van der Waals surface area contributed by atoms with Crippen molar-refractivity contribution in [2.45, 2.75) is 0 Å². The Kier molecular flexibility index (Phi) is 5.42. The van der Waals surface area contributed by atoms with Crippen molar-refractivity contribution in [3.05, 3.63) is 37.4 Å². The second-order valence-electron chi connectivity index (χ2n) is 4.72. The zero-order chi connectivity index (χ0) is 17.1. The molecular formula is C15H11Br2NO5S. The number of nitrogens with one attached hydrogen (secondary N) is 1. The molecule has 1 N–H and O–H groups in total. The highest BCUT2D eigenvalue weighted by atomic mass is 79.9. The lowest BCUT2D eigenvalue weighted by Crippen LogP contribution is -2.21. The minimum absolute atomic E-state index is 0.375. The number of hydrogen-bond donors (Lipinski definition) is 1. The van der Waals surface area contributed by atoms with E-state index >= 15 is 0 Å². The number of fused-ring (bicyclic) bond motifs is 1. The molecule has 1 aromatic heterocycles. The van der Waals surface area contributed by atoms with Crippen LogP contribution in [0.3, 0.4) is 0 Å². The van der Waals surface area contributed by atoms with Gasteiger partial charge < -0.3 is 19.5 Å². The van der Waals surface area contributed by atoms with Crippen LogP contribution in [0.15, 0.2) is 32.5 Å². The Morgan fingerprint density at radius 2 is 1.92 bits per heavy atom. The van der Waals surface area contributed by atoms with Crippen molar-refractivity contribution in [1.82, 2.24) is 0 Å². The molecule has 0 unspecified atom stereocenters. The summed E-state index contributed by atoms with van der Waals surface area (Å²) in [5.41, 5.74) is 0.543. The standard InChI is InChI=1S/C15H11Br2NO5S/c16-9-6-12(24-14(9)17)15(20)23-7-13(19)18-8-1-2-10-11(5-8)22-4-3-21-10/h1-2,5-6H,3-4,7H2,(H,18,19). The van der Waals surface area contributed by atoms with E-state index in [1.165, 1.54) is 11.3 Å². The van der Waals surface area contributed by atoms with E-state index < -0.39 is 11.9 Å². The Morgan fingerprint density at radius 3 is 2.62 bits per heavy atom. The molecule has 0 fully saturated rings. The zero-order valence-electron chi connectivity index (χ0n) is 12.1. The zero-order valence-corrected chi connectivity index (χ0v) is 16.1. The molecule has 1 aliphatic heterocycles. The number of benzene rings is 1. The number of esters is 1. The highest BCUT2D eigenvalue weighted by molar-refractivity contribution is 9.13. The van der Waals surface area contributed by atoms with E-state index in [2.05, 4.69) is 37.2 Å². The molecular weight excluding hydrogens is 466 g/mol. The average Bonchev–Trinajstić information content (AvgIpc) is 2.92. The van der Waals surface area contributed by atoms with E-state index in [0.717, 1.165) is 8.26 Å². The van der Waals surface area contributed by atoms with E-state index in [4.69, 9.17) is 14.2 Å². The van der Waals surface area contributed by atoms with Crippen molar-refractivity contribution in [3.8, 4) is 11.5 Å². The van der Waals surface area contributed by atoms with Gasteiger partial charge in [0.25, 0.3) is 5.91 Å². The van der Waals surface area contributed by atoms with Crippen molar-refractivity contribution in [2.24, 2.45) is 0 Å². The smallest absolute Gasteiger partial charge is 0.348 e. The first kappa shape index (κ1) is 17.2. The molecule has 6 nitrogen and oxygen atoms in total. The second kappa shape index (κ2) is 7.54. The maximum absolute atomic E-state index is 11.9. The molecule has 2 heterocycles. The van der Waals surface area contributed by atoms with Gasteiger partial charge in [-0.3, -0.25) is 4.79 Å². The first-order chi connectivity index (χ1) is 11.5. The predicted molar refractivity (Wildman–Crippen MR) is 96.1 cm³/mol. The van der Waals surface area contributed by atoms with Crippen LogP contribution in [-0.4, -0.2) is 31.7 Å². The lowest BCUT2D eigenvalue weighted by atomic mass is 10.2. The number of rotatable bonds is 4. The van der Waals surface area contributed by atoms with Gasteiger partial charge in [0.05, 0.1) is 3.79 Å². The quantitative estimate of drug-likeness (QED) is 0.678. The van der Waals surface area contributed by atoms with Gasteiger partial charge in [0.1, 0.15) is 18.1 Å². The largest absolute Gasteiger partial charge is 0.486 e. The van der Waals surface area contributed by atoms with Crippen molar-refractivity contribution in [2.75, 3.05) is 25.1 Å². The lowest BCUT2D eigenvalue weighted by Gasteiger charge is -2.18. The SMILES string of the molecule is O=C(COC(=O)c1cc(Br)c(Br)s1)Nc1ccc2c(c1)OCCO2. The van der Waals surface area contributed by atoms with Crippen LogP contribution in [0.25, 0.3) is 0 Å². The van der Waals surface area contributed by atoms with Crippen LogP contribution < -0.4 is 14.8 Å². The summed E-state index contributed by atoms with van der Waals surface area (Å²) in [4.78, 5) is 24.2. The highest BCUT2D eigenvalue weighted by Gasteiger charge is 2.16. The van der Waals surface area contributed by atoms with Gasteiger partial charge in [0.15, 0.2) is 18.1 Å². The molecule has 2 aromatic rings. The van der Waals surface area contributed by atoms with E-state index in [1.807, 2.05) is 0 Å². The van der Waals surface area contributed by atoms with Crippen LogP contribution in [0.2, 0.25) is 0 Å².